The van der Waals surface area contributed by atoms with E-state index in [1.54, 1.807) is 6.20 Å². The lowest BCUT2D eigenvalue weighted by atomic mass is 9.86. The van der Waals surface area contributed by atoms with Gasteiger partial charge in [0.25, 0.3) is 0 Å². The van der Waals surface area contributed by atoms with Crippen molar-refractivity contribution in [2.75, 3.05) is 6.54 Å². The molecule has 0 aliphatic heterocycles. The second-order valence-electron chi connectivity index (χ2n) is 5.46. The van der Waals surface area contributed by atoms with Gasteiger partial charge in [0, 0.05) is 25.0 Å². The van der Waals surface area contributed by atoms with Crippen molar-refractivity contribution in [1.29, 1.82) is 0 Å². The summed E-state index contributed by atoms with van der Waals surface area (Å²) in [5, 5.41) is 4.36. The zero-order valence-corrected chi connectivity index (χ0v) is 10.7. The van der Waals surface area contributed by atoms with Gasteiger partial charge in [0.2, 0.25) is 0 Å². The molecular formula is C13H19ClN2. The van der Waals surface area contributed by atoms with E-state index >= 15 is 0 Å². The molecule has 0 radical (unpaired) electrons. The first-order chi connectivity index (χ1) is 7.57. The Morgan fingerprint density at radius 2 is 2.25 bits per heavy atom. The van der Waals surface area contributed by atoms with E-state index in [0.717, 1.165) is 24.0 Å². The molecule has 1 aliphatic rings. The Kier molecular flexibility index (Phi) is 3.50. The van der Waals surface area contributed by atoms with Crippen molar-refractivity contribution in [3.05, 3.63) is 29.0 Å². The van der Waals surface area contributed by atoms with Crippen LogP contribution in [0.2, 0.25) is 5.02 Å². The molecule has 0 atom stereocenters. The summed E-state index contributed by atoms with van der Waals surface area (Å²) in [4.78, 5) is 4.01. The van der Waals surface area contributed by atoms with Crippen LogP contribution in [0.25, 0.3) is 0 Å². The predicted molar refractivity (Wildman–Crippen MR) is 67.8 cm³/mol. The molecule has 1 aliphatic carbocycles. The summed E-state index contributed by atoms with van der Waals surface area (Å²) in [6.45, 7) is 5.61. The Balaban J connectivity index is 1.93. The van der Waals surface area contributed by atoms with E-state index in [-0.39, 0.29) is 5.41 Å². The first-order valence-electron chi connectivity index (χ1n) is 5.89. The Morgan fingerprint density at radius 1 is 1.50 bits per heavy atom. The van der Waals surface area contributed by atoms with Crippen LogP contribution in [0.4, 0.5) is 0 Å². The standard InChI is InChI=1S/C13H19ClN2/c1-13(2,9-16-11-3-4-11)7-10-5-6-15-8-12(10)14/h5-6,8,11,16H,3-4,7,9H2,1-2H3. The molecule has 1 aromatic rings. The summed E-state index contributed by atoms with van der Waals surface area (Å²) in [6, 6.07) is 2.79. The molecule has 2 nitrogen and oxygen atoms in total. The highest BCUT2D eigenvalue weighted by Gasteiger charge is 2.25. The van der Waals surface area contributed by atoms with Crippen molar-refractivity contribution < 1.29 is 0 Å². The largest absolute Gasteiger partial charge is 0.313 e. The maximum Gasteiger partial charge on any atom is 0.0621 e. The van der Waals surface area contributed by atoms with E-state index in [9.17, 15) is 0 Å². The van der Waals surface area contributed by atoms with Crippen molar-refractivity contribution in [3.63, 3.8) is 0 Å². The summed E-state index contributed by atoms with van der Waals surface area (Å²) in [5.74, 6) is 0. The van der Waals surface area contributed by atoms with Gasteiger partial charge in [-0.3, -0.25) is 4.98 Å². The summed E-state index contributed by atoms with van der Waals surface area (Å²) < 4.78 is 0. The minimum Gasteiger partial charge on any atom is -0.313 e. The Hall–Kier alpha value is -0.600. The van der Waals surface area contributed by atoms with Crippen LogP contribution in [0.15, 0.2) is 18.5 Å². The van der Waals surface area contributed by atoms with Gasteiger partial charge in [-0.1, -0.05) is 25.4 Å². The topological polar surface area (TPSA) is 24.9 Å². The maximum absolute atomic E-state index is 6.12. The molecule has 0 aromatic carbocycles. The second-order valence-corrected chi connectivity index (χ2v) is 5.87. The smallest absolute Gasteiger partial charge is 0.0621 e. The van der Waals surface area contributed by atoms with E-state index in [1.165, 1.54) is 18.4 Å². The third-order valence-electron chi connectivity index (χ3n) is 2.97. The van der Waals surface area contributed by atoms with Crippen LogP contribution in [0.1, 0.15) is 32.3 Å². The van der Waals surface area contributed by atoms with E-state index in [1.807, 2.05) is 12.3 Å². The highest BCUT2D eigenvalue weighted by atomic mass is 35.5. The number of aromatic nitrogens is 1. The molecule has 0 amide bonds. The summed E-state index contributed by atoms with van der Waals surface area (Å²) in [6.07, 6.45) is 7.21. The SMILES string of the molecule is CC(C)(CNC1CC1)Cc1ccncc1Cl. The van der Waals surface area contributed by atoms with Crippen LogP contribution < -0.4 is 5.32 Å². The average Bonchev–Trinajstić information content (AvgIpc) is 3.02. The minimum atomic E-state index is 0.244. The van der Waals surface area contributed by atoms with Crippen molar-refractivity contribution in [3.8, 4) is 0 Å². The van der Waals surface area contributed by atoms with E-state index in [2.05, 4.69) is 24.1 Å². The molecule has 0 saturated heterocycles. The lowest BCUT2D eigenvalue weighted by molar-refractivity contribution is 0.337. The number of hydrogen-bond donors (Lipinski definition) is 1. The summed E-state index contributed by atoms with van der Waals surface area (Å²) in [5.41, 5.74) is 1.44. The fraction of sp³-hybridized carbons (Fsp3) is 0.615. The lowest BCUT2D eigenvalue weighted by Gasteiger charge is -2.25. The van der Waals surface area contributed by atoms with Crippen LogP contribution in [0, 0.1) is 5.41 Å². The molecule has 3 heteroatoms. The van der Waals surface area contributed by atoms with Crippen LogP contribution in [0.3, 0.4) is 0 Å². The summed E-state index contributed by atoms with van der Waals surface area (Å²) in [7, 11) is 0. The third kappa shape index (κ3) is 3.46. The second kappa shape index (κ2) is 4.72. The minimum absolute atomic E-state index is 0.244. The van der Waals surface area contributed by atoms with Gasteiger partial charge in [-0.15, -0.1) is 0 Å². The molecule has 1 heterocycles. The molecule has 2 rings (SSSR count). The molecule has 88 valence electrons. The predicted octanol–water partition coefficient (Wildman–Crippen LogP) is 3.06. The fourth-order valence-corrected chi connectivity index (χ4v) is 2.02. The van der Waals surface area contributed by atoms with Crippen molar-refractivity contribution >= 4 is 11.6 Å². The Bertz CT molecular complexity index is 359. The maximum atomic E-state index is 6.12. The molecule has 1 saturated carbocycles. The van der Waals surface area contributed by atoms with Gasteiger partial charge in [-0.05, 0) is 36.3 Å². The zero-order valence-electron chi connectivity index (χ0n) is 9.96. The number of nitrogens with one attached hydrogen (secondary N) is 1. The normalized spacial score (nSPS) is 16.4. The molecule has 0 spiro atoms. The van der Waals surface area contributed by atoms with Gasteiger partial charge in [0.05, 0.1) is 5.02 Å². The first-order valence-corrected chi connectivity index (χ1v) is 6.26. The quantitative estimate of drug-likeness (QED) is 0.853. The average molecular weight is 239 g/mol. The highest BCUT2D eigenvalue weighted by molar-refractivity contribution is 6.31. The number of nitrogens with zero attached hydrogens (tertiary/aromatic N) is 1. The summed E-state index contributed by atoms with van der Waals surface area (Å²) >= 11 is 6.12. The van der Waals surface area contributed by atoms with Gasteiger partial charge >= 0.3 is 0 Å². The molecule has 16 heavy (non-hydrogen) atoms. The molecule has 1 N–H and O–H groups in total. The van der Waals surface area contributed by atoms with Gasteiger partial charge < -0.3 is 5.32 Å². The van der Waals surface area contributed by atoms with Crippen LogP contribution in [-0.2, 0) is 6.42 Å². The van der Waals surface area contributed by atoms with E-state index in [0.29, 0.717) is 0 Å². The number of rotatable bonds is 5. The van der Waals surface area contributed by atoms with Gasteiger partial charge in [0.1, 0.15) is 0 Å². The highest BCUT2D eigenvalue weighted by Crippen LogP contribution is 2.27. The zero-order chi connectivity index (χ0) is 11.6. The Morgan fingerprint density at radius 3 is 2.88 bits per heavy atom. The van der Waals surface area contributed by atoms with Crippen molar-refractivity contribution in [1.82, 2.24) is 10.3 Å². The van der Waals surface area contributed by atoms with Gasteiger partial charge in [-0.2, -0.15) is 0 Å². The molecule has 0 unspecified atom stereocenters. The molecule has 0 bridgehead atoms. The Labute approximate surface area is 102 Å². The van der Waals surface area contributed by atoms with Crippen molar-refractivity contribution in [2.24, 2.45) is 5.41 Å². The lowest BCUT2D eigenvalue weighted by Crippen LogP contribution is -2.32. The van der Waals surface area contributed by atoms with Crippen LogP contribution in [-0.4, -0.2) is 17.6 Å². The van der Waals surface area contributed by atoms with Gasteiger partial charge in [-0.25, -0.2) is 0 Å². The van der Waals surface area contributed by atoms with E-state index < -0.39 is 0 Å². The van der Waals surface area contributed by atoms with Crippen molar-refractivity contribution in [2.45, 2.75) is 39.2 Å². The molecular weight excluding hydrogens is 220 g/mol. The van der Waals surface area contributed by atoms with Crippen LogP contribution >= 0.6 is 11.6 Å². The monoisotopic (exact) mass is 238 g/mol. The first kappa shape index (κ1) is 11.9. The van der Waals surface area contributed by atoms with E-state index in [4.69, 9.17) is 11.6 Å². The fourth-order valence-electron chi connectivity index (χ4n) is 1.83. The van der Waals surface area contributed by atoms with Gasteiger partial charge in [0.15, 0.2) is 0 Å². The third-order valence-corrected chi connectivity index (χ3v) is 3.31. The number of halogens is 1. The molecule has 1 aromatic heterocycles. The molecule has 1 fully saturated rings. The van der Waals surface area contributed by atoms with Crippen LogP contribution in [0.5, 0.6) is 0 Å². The number of pyridine rings is 1. The number of hydrogen-bond acceptors (Lipinski definition) is 2.